The minimum atomic E-state index is 0.634. The molecule has 3 nitrogen and oxygen atoms in total. The largest absolute Gasteiger partial charge is 0.361 e. The normalized spacial score (nSPS) is 10.8. The van der Waals surface area contributed by atoms with Gasteiger partial charge in [0, 0.05) is 35.1 Å². The third-order valence-electron chi connectivity index (χ3n) is 3.74. The van der Waals surface area contributed by atoms with Crippen LogP contribution in [0.15, 0.2) is 48.9 Å². The summed E-state index contributed by atoms with van der Waals surface area (Å²) in [6.07, 6.45) is 9.85. The van der Waals surface area contributed by atoms with Gasteiger partial charge in [-0.3, -0.25) is 4.98 Å². The first-order valence-electron chi connectivity index (χ1n) is 8.29. The number of fused-ring (bicyclic) bond motifs is 1. The Hall–Kier alpha value is -2.86. The number of hydrogen-bond donors (Lipinski definition) is 1. The quantitative estimate of drug-likeness (QED) is 0.626. The van der Waals surface area contributed by atoms with Crippen molar-refractivity contribution < 1.29 is 0 Å². The molecule has 0 amide bonds. The standard InChI is InChI=1S/C17H13N3.C4H10/c1-12-4-5-17-15(7-12)16(11-20-17)14(9-18)8-13-3-2-6-19-10-13;1-3-4-2/h2-8,10-11,20H,1H3;3-4H2,1-2H3/b14-8+;. The van der Waals surface area contributed by atoms with E-state index in [1.54, 1.807) is 12.4 Å². The molecule has 0 aliphatic heterocycles. The molecular weight excluding hydrogens is 294 g/mol. The third kappa shape index (κ3) is 4.33. The lowest BCUT2D eigenvalue weighted by molar-refractivity contribution is 0.886. The SMILES string of the molecule is CCCC.Cc1ccc2[nH]cc(/C(C#N)=C/c3cccnc3)c2c1. The molecule has 3 aromatic rings. The molecule has 1 N–H and O–H groups in total. The molecule has 0 spiro atoms. The number of allylic oxidation sites excluding steroid dienone is 1. The topological polar surface area (TPSA) is 52.5 Å². The number of aryl methyl sites for hydroxylation is 1. The van der Waals surface area contributed by atoms with Crippen molar-refractivity contribution in [2.24, 2.45) is 0 Å². The van der Waals surface area contributed by atoms with Gasteiger partial charge in [0.2, 0.25) is 0 Å². The number of nitriles is 1. The van der Waals surface area contributed by atoms with Gasteiger partial charge in [0.15, 0.2) is 0 Å². The maximum atomic E-state index is 9.44. The fourth-order valence-corrected chi connectivity index (χ4v) is 2.26. The highest BCUT2D eigenvalue weighted by atomic mass is 14.7. The highest BCUT2D eigenvalue weighted by molar-refractivity contribution is 6.01. The number of benzene rings is 1. The lowest BCUT2D eigenvalue weighted by Gasteiger charge is -1.99. The lowest BCUT2D eigenvalue weighted by Crippen LogP contribution is -1.82. The van der Waals surface area contributed by atoms with Gasteiger partial charge in [-0.05, 0) is 36.8 Å². The molecule has 0 saturated carbocycles. The van der Waals surface area contributed by atoms with Crippen molar-refractivity contribution in [3.8, 4) is 6.07 Å². The second kappa shape index (κ2) is 8.69. The second-order valence-electron chi connectivity index (χ2n) is 5.71. The third-order valence-corrected chi connectivity index (χ3v) is 3.74. The number of H-pyrrole nitrogens is 1. The van der Waals surface area contributed by atoms with Crippen molar-refractivity contribution in [1.29, 1.82) is 5.26 Å². The Morgan fingerprint density at radius 2 is 2.04 bits per heavy atom. The molecule has 0 bridgehead atoms. The summed E-state index contributed by atoms with van der Waals surface area (Å²) in [5, 5.41) is 10.5. The van der Waals surface area contributed by atoms with Crippen molar-refractivity contribution >= 4 is 22.6 Å². The lowest BCUT2D eigenvalue weighted by atomic mass is 10.0. The Morgan fingerprint density at radius 3 is 2.67 bits per heavy atom. The zero-order valence-corrected chi connectivity index (χ0v) is 14.5. The van der Waals surface area contributed by atoms with Gasteiger partial charge >= 0.3 is 0 Å². The molecule has 122 valence electrons. The summed E-state index contributed by atoms with van der Waals surface area (Å²) in [5.41, 5.74) is 4.70. The molecular formula is C21H23N3. The summed E-state index contributed by atoms with van der Waals surface area (Å²) in [6, 6.07) is 12.3. The van der Waals surface area contributed by atoms with E-state index in [1.807, 2.05) is 37.4 Å². The van der Waals surface area contributed by atoms with Gasteiger partial charge in [-0.2, -0.15) is 5.26 Å². The summed E-state index contributed by atoms with van der Waals surface area (Å²) in [7, 11) is 0. The zero-order chi connectivity index (χ0) is 17.4. The van der Waals surface area contributed by atoms with E-state index in [0.717, 1.165) is 22.0 Å². The average molecular weight is 317 g/mol. The molecule has 0 atom stereocenters. The fourth-order valence-electron chi connectivity index (χ4n) is 2.26. The van der Waals surface area contributed by atoms with Gasteiger partial charge < -0.3 is 4.98 Å². The molecule has 3 rings (SSSR count). The summed E-state index contributed by atoms with van der Waals surface area (Å²) in [4.78, 5) is 7.28. The van der Waals surface area contributed by atoms with E-state index in [-0.39, 0.29) is 0 Å². The van der Waals surface area contributed by atoms with E-state index in [4.69, 9.17) is 0 Å². The van der Waals surface area contributed by atoms with Crippen LogP contribution >= 0.6 is 0 Å². The van der Waals surface area contributed by atoms with Gasteiger partial charge in [0.05, 0.1) is 11.6 Å². The molecule has 24 heavy (non-hydrogen) atoms. The molecule has 0 fully saturated rings. The minimum absolute atomic E-state index is 0.634. The fraction of sp³-hybridized carbons (Fsp3) is 0.238. The predicted octanol–water partition coefficient (Wildman–Crippen LogP) is 5.74. The van der Waals surface area contributed by atoms with Gasteiger partial charge in [-0.25, -0.2) is 0 Å². The van der Waals surface area contributed by atoms with Crippen LogP contribution in [0, 0.1) is 18.3 Å². The maximum Gasteiger partial charge on any atom is 0.0998 e. The van der Waals surface area contributed by atoms with Gasteiger partial charge in [0.25, 0.3) is 0 Å². The number of aromatic nitrogens is 2. The van der Waals surface area contributed by atoms with Crippen LogP contribution in [-0.4, -0.2) is 9.97 Å². The number of rotatable bonds is 3. The van der Waals surface area contributed by atoms with E-state index >= 15 is 0 Å². The van der Waals surface area contributed by atoms with Gasteiger partial charge in [-0.15, -0.1) is 0 Å². The average Bonchev–Trinajstić information content (AvgIpc) is 3.03. The highest BCUT2D eigenvalue weighted by Gasteiger charge is 2.08. The summed E-state index contributed by atoms with van der Waals surface area (Å²) < 4.78 is 0. The Balaban J connectivity index is 0.000000471. The number of pyridine rings is 1. The minimum Gasteiger partial charge on any atom is -0.361 e. The molecule has 3 heteroatoms. The Labute approximate surface area is 143 Å². The summed E-state index contributed by atoms with van der Waals surface area (Å²) >= 11 is 0. The van der Waals surface area contributed by atoms with Crippen molar-refractivity contribution in [2.75, 3.05) is 0 Å². The number of unbranched alkanes of at least 4 members (excludes halogenated alkanes) is 1. The zero-order valence-electron chi connectivity index (χ0n) is 14.5. The Bertz CT molecular complexity index is 850. The number of nitrogens with one attached hydrogen (secondary N) is 1. The van der Waals surface area contributed by atoms with Crippen LogP contribution in [0.4, 0.5) is 0 Å². The molecule has 0 radical (unpaired) electrons. The molecule has 0 saturated heterocycles. The van der Waals surface area contributed by atoms with Crippen LogP contribution in [0.25, 0.3) is 22.6 Å². The van der Waals surface area contributed by atoms with Crippen LogP contribution < -0.4 is 0 Å². The maximum absolute atomic E-state index is 9.44. The first-order chi connectivity index (χ1) is 11.7. The van der Waals surface area contributed by atoms with Crippen molar-refractivity contribution in [3.63, 3.8) is 0 Å². The van der Waals surface area contributed by atoms with Crippen LogP contribution in [0.2, 0.25) is 0 Å². The van der Waals surface area contributed by atoms with Crippen LogP contribution in [0.5, 0.6) is 0 Å². The van der Waals surface area contributed by atoms with Gasteiger partial charge in [-0.1, -0.05) is 44.4 Å². The Morgan fingerprint density at radius 1 is 1.25 bits per heavy atom. The van der Waals surface area contributed by atoms with Crippen LogP contribution in [0.3, 0.4) is 0 Å². The molecule has 0 aliphatic rings. The molecule has 1 aromatic carbocycles. The van der Waals surface area contributed by atoms with Crippen molar-refractivity contribution in [1.82, 2.24) is 9.97 Å². The first kappa shape index (κ1) is 17.5. The van der Waals surface area contributed by atoms with E-state index < -0.39 is 0 Å². The van der Waals surface area contributed by atoms with Crippen LogP contribution in [0.1, 0.15) is 43.4 Å². The monoisotopic (exact) mass is 317 g/mol. The number of aromatic amines is 1. The number of nitrogens with zero attached hydrogens (tertiary/aromatic N) is 2. The predicted molar refractivity (Wildman–Crippen MR) is 101 cm³/mol. The molecule has 2 heterocycles. The van der Waals surface area contributed by atoms with E-state index in [2.05, 4.69) is 42.0 Å². The molecule has 0 aliphatic carbocycles. The first-order valence-corrected chi connectivity index (χ1v) is 8.29. The second-order valence-corrected chi connectivity index (χ2v) is 5.71. The van der Waals surface area contributed by atoms with E-state index in [1.165, 1.54) is 18.4 Å². The van der Waals surface area contributed by atoms with Crippen molar-refractivity contribution in [3.05, 3.63) is 65.6 Å². The van der Waals surface area contributed by atoms with Crippen molar-refractivity contribution in [2.45, 2.75) is 33.6 Å². The van der Waals surface area contributed by atoms with E-state index in [9.17, 15) is 5.26 Å². The summed E-state index contributed by atoms with van der Waals surface area (Å²) in [6.45, 7) is 6.41. The van der Waals surface area contributed by atoms with Crippen LogP contribution in [-0.2, 0) is 0 Å². The summed E-state index contributed by atoms with van der Waals surface area (Å²) in [5.74, 6) is 0. The van der Waals surface area contributed by atoms with Gasteiger partial charge in [0.1, 0.15) is 0 Å². The smallest absolute Gasteiger partial charge is 0.0998 e. The molecule has 0 unspecified atom stereocenters. The molecule has 2 aromatic heterocycles. The highest BCUT2D eigenvalue weighted by Crippen LogP contribution is 2.27. The Kier molecular flexibility index (Phi) is 6.33. The number of hydrogen-bond acceptors (Lipinski definition) is 2. The van der Waals surface area contributed by atoms with E-state index in [0.29, 0.717) is 5.57 Å².